The molecule has 0 radical (unpaired) electrons. The Labute approximate surface area is 218 Å². The fourth-order valence-corrected chi connectivity index (χ4v) is 4.68. The molecule has 1 aliphatic heterocycles. The summed E-state index contributed by atoms with van der Waals surface area (Å²) in [6.45, 7) is 10.1. The van der Waals surface area contributed by atoms with E-state index in [9.17, 15) is 19.5 Å². The lowest BCUT2D eigenvalue weighted by molar-refractivity contribution is -0.165. The first kappa shape index (κ1) is 28.2. The third kappa shape index (κ3) is 6.49. The fraction of sp³-hybridized carbons (Fsp3) is 0.483. The standard InChI is InChI=1S/C29H37NO7/c1-27(2,3)36-23(31)17-21-24(26(33)37-28(4,5)6)30(25(32)19-13-9-8-10-14-19)18-29(21,34)20-15-11-12-16-22(20)35-7/h8-16,21,24,34H,17-18H2,1-7H3/t21-,24+,29+/m1/s1. The number of carbonyl (C=O) groups excluding carboxylic acids is 3. The molecule has 0 aliphatic carbocycles. The first-order valence-electron chi connectivity index (χ1n) is 12.3. The number of amides is 1. The van der Waals surface area contributed by atoms with Crippen molar-refractivity contribution < 1.29 is 33.7 Å². The molecule has 3 rings (SSSR count). The van der Waals surface area contributed by atoms with Crippen LogP contribution in [0.4, 0.5) is 0 Å². The van der Waals surface area contributed by atoms with Gasteiger partial charge in [-0.2, -0.15) is 0 Å². The van der Waals surface area contributed by atoms with Crippen molar-refractivity contribution in [3.8, 4) is 5.75 Å². The molecular weight excluding hydrogens is 474 g/mol. The highest BCUT2D eigenvalue weighted by Gasteiger charge is 2.59. The second-order valence-electron chi connectivity index (χ2n) is 11.3. The van der Waals surface area contributed by atoms with Crippen molar-refractivity contribution >= 4 is 17.8 Å². The molecule has 1 saturated heterocycles. The van der Waals surface area contributed by atoms with E-state index in [0.717, 1.165) is 0 Å². The molecule has 8 heteroatoms. The Kier molecular flexibility index (Phi) is 8.03. The number of esters is 2. The van der Waals surface area contributed by atoms with Crippen LogP contribution in [0.3, 0.4) is 0 Å². The number of para-hydroxylation sites is 1. The number of aliphatic hydroxyl groups is 1. The minimum absolute atomic E-state index is 0.252. The zero-order valence-corrected chi connectivity index (χ0v) is 22.6. The van der Waals surface area contributed by atoms with E-state index < -0.39 is 46.6 Å². The van der Waals surface area contributed by atoms with Crippen molar-refractivity contribution in [2.75, 3.05) is 13.7 Å². The molecule has 1 N–H and O–H groups in total. The predicted molar refractivity (Wildman–Crippen MR) is 138 cm³/mol. The van der Waals surface area contributed by atoms with Crippen LogP contribution in [0.1, 0.15) is 63.9 Å². The van der Waals surface area contributed by atoms with Gasteiger partial charge in [-0.05, 0) is 59.7 Å². The zero-order valence-electron chi connectivity index (χ0n) is 22.6. The summed E-state index contributed by atoms with van der Waals surface area (Å²) >= 11 is 0. The lowest BCUT2D eigenvalue weighted by Crippen LogP contribution is -2.47. The minimum Gasteiger partial charge on any atom is -0.496 e. The van der Waals surface area contributed by atoms with Crippen molar-refractivity contribution in [1.82, 2.24) is 4.90 Å². The summed E-state index contributed by atoms with van der Waals surface area (Å²) in [5, 5.41) is 12.3. The van der Waals surface area contributed by atoms with E-state index in [1.54, 1.807) is 96.1 Å². The quantitative estimate of drug-likeness (QED) is 0.583. The number of ether oxygens (including phenoxy) is 3. The highest BCUT2D eigenvalue weighted by Crippen LogP contribution is 2.47. The Bertz CT molecular complexity index is 1130. The first-order chi connectivity index (χ1) is 17.2. The van der Waals surface area contributed by atoms with E-state index in [0.29, 0.717) is 16.9 Å². The van der Waals surface area contributed by atoms with Crippen LogP contribution in [0.5, 0.6) is 5.75 Å². The van der Waals surface area contributed by atoms with Gasteiger partial charge >= 0.3 is 11.9 Å². The molecule has 3 atom stereocenters. The van der Waals surface area contributed by atoms with E-state index in [4.69, 9.17) is 14.2 Å². The molecular formula is C29H37NO7. The molecule has 1 fully saturated rings. The molecule has 1 aliphatic rings. The Balaban J connectivity index is 2.18. The second kappa shape index (κ2) is 10.5. The van der Waals surface area contributed by atoms with E-state index in [1.807, 2.05) is 0 Å². The summed E-state index contributed by atoms with van der Waals surface area (Å²) in [7, 11) is 1.47. The van der Waals surface area contributed by atoms with Gasteiger partial charge in [0.05, 0.1) is 20.1 Å². The Morgan fingerprint density at radius 1 is 0.919 bits per heavy atom. The molecule has 0 aromatic heterocycles. The van der Waals surface area contributed by atoms with Gasteiger partial charge in [-0.15, -0.1) is 0 Å². The van der Waals surface area contributed by atoms with E-state index >= 15 is 0 Å². The molecule has 37 heavy (non-hydrogen) atoms. The van der Waals surface area contributed by atoms with Gasteiger partial charge < -0.3 is 24.2 Å². The third-order valence-electron chi connectivity index (χ3n) is 6.05. The van der Waals surface area contributed by atoms with Crippen LogP contribution in [-0.4, -0.2) is 58.8 Å². The van der Waals surface area contributed by atoms with Crippen molar-refractivity contribution in [1.29, 1.82) is 0 Å². The smallest absolute Gasteiger partial charge is 0.329 e. The average Bonchev–Trinajstić information content (AvgIpc) is 3.10. The number of nitrogens with zero attached hydrogens (tertiary/aromatic N) is 1. The molecule has 0 saturated carbocycles. The molecule has 1 heterocycles. The Morgan fingerprint density at radius 2 is 1.49 bits per heavy atom. The molecule has 0 spiro atoms. The van der Waals surface area contributed by atoms with Gasteiger partial charge in [0.15, 0.2) is 0 Å². The van der Waals surface area contributed by atoms with Gasteiger partial charge in [0.25, 0.3) is 5.91 Å². The summed E-state index contributed by atoms with van der Waals surface area (Å²) in [5.74, 6) is -2.47. The van der Waals surface area contributed by atoms with Crippen LogP contribution in [0.2, 0.25) is 0 Å². The second-order valence-corrected chi connectivity index (χ2v) is 11.3. The summed E-state index contributed by atoms with van der Waals surface area (Å²) in [6, 6.07) is 14.1. The van der Waals surface area contributed by atoms with Crippen LogP contribution < -0.4 is 4.74 Å². The number of rotatable bonds is 6. The number of hydrogen-bond donors (Lipinski definition) is 1. The van der Waals surface area contributed by atoms with Crippen molar-refractivity contribution in [3.05, 3.63) is 65.7 Å². The summed E-state index contributed by atoms with van der Waals surface area (Å²) in [4.78, 5) is 41.7. The highest BCUT2D eigenvalue weighted by molar-refractivity contribution is 5.97. The Hall–Kier alpha value is -3.39. The van der Waals surface area contributed by atoms with Gasteiger partial charge in [-0.25, -0.2) is 4.79 Å². The first-order valence-corrected chi connectivity index (χ1v) is 12.3. The minimum atomic E-state index is -1.81. The monoisotopic (exact) mass is 511 g/mol. The third-order valence-corrected chi connectivity index (χ3v) is 6.05. The van der Waals surface area contributed by atoms with Crippen LogP contribution in [-0.2, 0) is 24.7 Å². The number of carbonyl (C=O) groups is 3. The fourth-order valence-electron chi connectivity index (χ4n) is 4.68. The molecule has 200 valence electrons. The molecule has 0 unspecified atom stereocenters. The maximum absolute atomic E-state index is 13.7. The van der Waals surface area contributed by atoms with E-state index in [2.05, 4.69) is 0 Å². The van der Waals surface area contributed by atoms with E-state index in [-0.39, 0.29) is 13.0 Å². The average molecular weight is 512 g/mol. The predicted octanol–water partition coefficient (Wildman–Crippen LogP) is 4.10. The number of β-amino-alcohol motifs (C(OH)–C–C–N with tert-alkyl or cyclic N) is 1. The molecule has 1 amide bonds. The summed E-state index contributed by atoms with van der Waals surface area (Å²) < 4.78 is 16.8. The molecule has 8 nitrogen and oxygen atoms in total. The number of likely N-dealkylation sites (tertiary alicyclic amines) is 1. The maximum atomic E-state index is 13.7. The largest absolute Gasteiger partial charge is 0.496 e. The number of methoxy groups -OCH3 is 1. The molecule has 0 bridgehead atoms. The lowest BCUT2D eigenvalue weighted by atomic mass is 9.78. The van der Waals surface area contributed by atoms with E-state index in [1.165, 1.54) is 12.0 Å². The van der Waals surface area contributed by atoms with Gasteiger partial charge in [0, 0.05) is 17.0 Å². The van der Waals surface area contributed by atoms with Crippen LogP contribution in [0.25, 0.3) is 0 Å². The van der Waals surface area contributed by atoms with Gasteiger partial charge in [0.1, 0.15) is 28.6 Å². The van der Waals surface area contributed by atoms with Crippen molar-refractivity contribution in [3.63, 3.8) is 0 Å². The topological polar surface area (TPSA) is 102 Å². The Morgan fingerprint density at radius 3 is 2.05 bits per heavy atom. The summed E-state index contributed by atoms with van der Waals surface area (Å²) in [5.41, 5.74) is -2.74. The number of benzene rings is 2. The van der Waals surface area contributed by atoms with Crippen LogP contribution in [0.15, 0.2) is 54.6 Å². The molecule has 2 aromatic carbocycles. The van der Waals surface area contributed by atoms with Gasteiger partial charge in [0.2, 0.25) is 0 Å². The van der Waals surface area contributed by atoms with Gasteiger partial charge in [-0.3, -0.25) is 9.59 Å². The SMILES string of the molecule is COc1ccccc1[C@@]1(O)CN(C(=O)c2ccccc2)[C@H](C(=O)OC(C)(C)C)[C@H]1CC(=O)OC(C)(C)C. The highest BCUT2D eigenvalue weighted by atomic mass is 16.6. The van der Waals surface area contributed by atoms with Gasteiger partial charge in [-0.1, -0.05) is 36.4 Å². The lowest BCUT2D eigenvalue weighted by Gasteiger charge is -2.33. The van der Waals surface area contributed by atoms with Crippen molar-refractivity contribution in [2.45, 2.75) is 70.8 Å². The van der Waals surface area contributed by atoms with Crippen LogP contribution >= 0.6 is 0 Å². The normalized spacial score (nSPS) is 21.9. The maximum Gasteiger partial charge on any atom is 0.329 e. The van der Waals surface area contributed by atoms with Crippen molar-refractivity contribution in [2.24, 2.45) is 5.92 Å². The zero-order chi connectivity index (χ0) is 27.6. The number of hydrogen-bond acceptors (Lipinski definition) is 7. The van der Waals surface area contributed by atoms with Crippen LogP contribution in [0, 0.1) is 5.92 Å². The molecule has 2 aromatic rings. The summed E-state index contributed by atoms with van der Waals surface area (Å²) in [6.07, 6.45) is -0.325.